The predicted octanol–water partition coefficient (Wildman–Crippen LogP) is 5.03. The van der Waals surface area contributed by atoms with Crippen LogP contribution in [0.2, 0.25) is 5.02 Å². The molecule has 2 aromatic rings. The molecular weight excluding hydrogens is 424 g/mol. The third kappa shape index (κ3) is 5.26. The van der Waals surface area contributed by atoms with Crippen molar-refractivity contribution in [3.63, 3.8) is 0 Å². The van der Waals surface area contributed by atoms with Gasteiger partial charge in [-0.05, 0) is 80.5 Å². The van der Waals surface area contributed by atoms with Crippen LogP contribution in [0.4, 0.5) is 0 Å². The third-order valence-electron chi connectivity index (χ3n) is 6.74. The highest BCUT2D eigenvalue weighted by atomic mass is 35.5. The molecule has 2 aliphatic rings. The topological polar surface area (TPSA) is 49.9 Å². The minimum absolute atomic E-state index is 0.0314. The van der Waals surface area contributed by atoms with Crippen molar-refractivity contribution in [3.05, 3.63) is 64.7 Å². The molecular formula is C26H31ClN2O3. The molecule has 1 aliphatic heterocycles. The zero-order valence-electron chi connectivity index (χ0n) is 18.8. The molecule has 1 saturated carbocycles. The van der Waals surface area contributed by atoms with Gasteiger partial charge in [0.25, 0.3) is 5.91 Å². The lowest BCUT2D eigenvalue weighted by molar-refractivity contribution is -0.140. The van der Waals surface area contributed by atoms with Crippen molar-refractivity contribution < 1.29 is 14.3 Å². The van der Waals surface area contributed by atoms with Crippen LogP contribution in [0.1, 0.15) is 48.5 Å². The predicted molar refractivity (Wildman–Crippen MR) is 126 cm³/mol. The molecule has 0 N–H and O–H groups in total. The van der Waals surface area contributed by atoms with Gasteiger partial charge in [-0.25, -0.2) is 0 Å². The molecule has 32 heavy (non-hydrogen) atoms. The fourth-order valence-corrected chi connectivity index (χ4v) is 4.68. The fraction of sp³-hybridized carbons (Fsp3) is 0.462. The summed E-state index contributed by atoms with van der Waals surface area (Å²) in [6.07, 6.45) is 4.02. The first-order valence-electron chi connectivity index (χ1n) is 11.4. The number of benzene rings is 2. The van der Waals surface area contributed by atoms with E-state index in [1.807, 2.05) is 34.1 Å². The molecule has 2 unspecified atom stereocenters. The molecule has 170 valence electrons. The summed E-state index contributed by atoms with van der Waals surface area (Å²) in [5, 5.41) is 0.608. The second-order valence-corrected chi connectivity index (χ2v) is 9.43. The molecule has 6 heteroatoms. The minimum Gasteiger partial charge on any atom is -0.497 e. The quantitative estimate of drug-likeness (QED) is 0.589. The van der Waals surface area contributed by atoms with Gasteiger partial charge in [-0.3, -0.25) is 9.59 Å². The molecule has 2 aromatic carbocycles. The monoisotopic (exact) mass is 454 g/mol. The first-order valence-corrected chi connectivity index (χ1v) is 11.8. The lowest BCUT2D eigenvalue weighted by Gasteiger charge is -2.37. The largest absolute Gasteiger partial charge is 0.497 e. The van der Waals surface area contributed by atoms with Crippen molar-refractivity contribution in [2.75, 3.05) is 20.2 Å². The molecule has 1 aliphatic carbocycles. The van der Waals surface area contributed by atoms with E-state index >= 15 is 0 Å². The Morgan fingerprint density at radius 3 is 2.41 bits per heavy atom. The van der Waals surface area contributed by atoms with Gasteiger partial charge in [0.15, 0.2) is 0 Å². The first kappa shape index (κ1) is 22.7. The van der Waals surface area contributed by atoms with Crippen LogP contribution in [0.3, 0.4) is 0 Å². The summed E-state index contributed by atoms with van der Waals surface area (Å²) in [5.41, 5.74) is 1.71. The summed E-state index contributed by atoms with van der Waals surface area (Å²) in [6.45, 7) is 3.90. The lowest BCUT2D eigenvalue weighted by atomic mass is 9.94. The molecule has 5 nitrogen and oxygen atoms in total. The molecule has 0 spiro atoms. The Morgan fingerprint density at radius 1 is 1.09 bits per heavy atom. The maximum Gasteiger partial charge on any atom is 0.253 e. The molecule has 1 saturated heterocycles. The molecule has 2 amide bonds. The van der Waals surface area contributed by atoms with Crippen LogP contribution in [0, 0.1) is 11.8 Å². The van der Waals surface area contributed by atoms with E-state index in [4.69, 9.17) is 16.3 Å². The Kier molecular flexibility index (Phi) is 7.04. The Balaban J connectivity index is 1.47. The SMILES string of the molecule is COc1ccc(CN(C(=O)C2CCCN(C(=O)c3ccc(Cl)cc3)C2)C(C)C2CC2)cc1. The number of halogens is 1. The summed E-state index contributed by atoms with van der Waals surface area (Å²) in [4.78, 5) is 30.6. The number of methoxy groups -OCH3 is 1. The van der Waals surface area contributed by atoms with Crippen LogP contribution in [-0.4, -0.2) is 47.9 Å². The normalized spacial score (nSPS) is 19.3. The highest BCUT2D eigenvalue weighted by molar-refractivity contribution is 6.30. The van der Waals surface area contributed by atoms with Crippen molar-refractivity contribution in [2.24, 2.45) is 11.8 Å². The first-order chi connectivity index (χ1) is 15.5. The van der Waals surface area contributed by atoms with Crippen LogP contribution in [0.15, 0.2) is 48.5 Å². The molecule has 2 fully saturated rings. The average molecular weight is 455 g/mol. The molecule has 0 radical (unpaired) electrons. The van der Waals surface area contributed by atoms with E-state index in [1.54, 1.807) is 31.4 Å². The molecule has 4 rings (SSSR count). The maximum atomic E-state index is 13.7. The van der Waals surface area contributed by atoms with Gasteiger partial charge >= 0.3 is 0 Å². The molecule has 0 aromatic heterocycles. The van der Waals surface area contributed by atoms with E-state index in [-0.39, 0.29) is 23.8 Å². The number of carbonyl (C=O) groups excluding carboxylic acids is 2. The Hall–Kier alpha value is -2.53. The van der Waals surface area contributed by atoms with E-state index in [0.29, 0.717) is 36.1 Å². The summed E-state index contributed by atoms with van der Waals surface area (Å²) < 4.78 is 5.26. The number of rotatable bonds is 7. The number of nitrogens with zero attached hydrogens (tertiary/aromatic N) is 2. The minimum atomic E-state index is -0.167. The standard InChI is InChI=1S/C26H31ClN2O3/c1-18(20-7-8-20)29(16-19-5-13-24(32-2)14-6-19)26(31)22-4-3-15-28(17-22)25(30)21-9-11-23(27)12-10-21/h5-6,9-14,18,20,22H,3-4,7-8,15-17H2,1-2H3. The van der Waals surface area contributed by atoms with Crippen molar-refractivity contribution in [3.8, 4) is 5.75 Å². The van der Waals surface area contributed by atoms with Gasteiger partial charge in [-0.1, -0.05) is 23.7 Å². The smallest absolute Gasteiger partial charge is 0.253 e. The highest BCUT2D eigenvalue weighted by Crippen LogP contribution is 2.37. The van der Waals surface area contributed by atoms with Gasteiger partial charge in [-0.2, -0.15) is 0 Å². The fourth-order valence-electron chi connectivity index (χ4n) is 4.56. The number of likely N-dealkylation sites (tertiary alicyclic amines) is 1. The third-order valence-corrected chi connectivity index (χ3v) is 6.99. The molecule has 2 atom stereocenters. The van der Waals surface area contributed by atoms with Crippen LogP contribution < -0.4 is 4.74 Å². The van der Waals surface area contributed by atoms with Gasteiger partial charge in [0.1, 0.15) is 5.75 Å². The van der Waals surface area contributed by atoms with E-state index in [2.05, 4.69) is 6.92 Å². The number of amides is 2. The zero-order chi connectivity index (χ0) is 22.7. The highest BCUT2D eigenvalue weighted by Gasteiger charge is 2.38. The van der Waals surface area contributed by atoms with Crippen molar-refractivity contribution >= 4 is 23.4 Å². The van der Waals surface area contributed by atoms with Gasteiger partial charge in [0.2, 0.25) is 5.91 Å². The Morgan fingerprint density at radius 2 is 1.78 bits per heavy atom. The van der Waals surface area contributed by atoms with E-state index < -0.39 is 0 Å². The number of carbonyl (C=O) groups is 2. The summed E-state index contributed by atoms with van der Waals surface area (Å²) in [6, 6.07) is 15.1. The van der Waals surface area contributed by atoms with Gasteiger partial charge < -0.3 is 14.5 Å². The van der Waals surface area contributed by atoms with Crippen LogP contribution in [0.25, 0.3) is 0 Å². The number of piperidine rings is 1. The summed E-state index contributed by atoms with van der Waals surface area (Å²) in [7, 11) is 1.65. The lowest BCUT2D eigenvalue weighted by Crippen LogP contribution is -2.49. The van der Waals surface area contributed by atoms with Crippen LogP contribution in [-0.2, 0) is 11.3 Å². The van der Waals surface area contributed by atoms with Crippen molar-refractivity contribution in [1.29, 1.82) is 0 Å². The van der Waals surface area contributed by atoms with Gasteiger partial charge in [0, 0.05) is 36.3 Å². The van der Waals surface area contributed by atoms with E-state index in [9.17, 15) is 9.59 Å². The Bertz CT molecular complexity index is 941. The van der Waals surface area contributed by atoms with Crippen molar-refractivity contribution in [2.45, 2.75) is 45.2 Å². The molecule has 0 bridgehead atoms. The number of hydrogen-bond acceptors (Lipinski definition) is 3. The van der Waals surface area contributed by atoms with E-state index in [0.717, 1.165) is 24.2 Å². The maximum absolute atomic E-state index is 13.7. The zero-order valence-corrected chi connectivity index (χ0v) is 19.6. The van der Waals surface area contributed by atoms with Crippen molar-refractivity contribution in [1.82, 2.24) is 9.80 Å². The van der Waals surface area contributed by atoms with Gasteiger partial charge in [0.05, 0.1) is 13.0 Å². The van der Waals surface area contributed by atoms with Crippen LogP contribution in [0.5, 0.6) is 5.75 Å². The van der Waals surface area contributed by atoms with Gasteiger partial charge in [-0.15, -0.1) is 0 Å². The summed E-state index contributed by atoms with van der Waals surface area (Å²) in [5.74, 6) is 1.35. The Labute approximate surface area is 195 Å². The van der Waals surface area contributed by atoms with E-state index in [1.165, 1.54) is 12.8 Å². The average Bonchev–Trinajstić information content (AvgIpc) is 3.68. The number of hydrogen-bond donors (Lipinski definition) is 0. The second-order valence-electron chi connectivity index (χ2n) is 8.99. The van der Waals surface area contributed by atoms with Crippen LogP contribution >= 0.6 is 11.6 Å². The summed E-state index contributed by atoms with van der Waals surface area (Å²) >= 11 is 5.96. The second kappa shape index (κ2) is 9.95. The molecule has 1 heterocycles. The number of ether oxygens (including phenoxy) is 1.